The normalized spacial score (nSPS) is 20.2. The summed E-state index contributed by atoms with van der Waals surface area (Å²) in [5.41, 5.74) is 1.76. The molecule has 1 N–H and O–H groups in total. The standard InChI is InChI=1S/C15H17ClN2O2/c16-12-4-1-3-11(7-12)15-17-13(10-20-15)8-18-6-2-5-14(19)9-18/h1,3-4,7,10,14,19H,2,5-6,8-9H2. The fraction of sp³-hybridized carbons (Fsp3) is 0.400. The fourth-order valence-electron chi connectivity index (χ4n) is 2.54. The molecular formula is C15H17ClN2O2. The maximum Gasteiger partial charge on any atom is 0.226 e. The molecule has 20 heavy (non-hydrogen) atoms. The van der Waals surface area contributed by atoms with Crippen LogP contribution in [0.3, 0.4) is 0 Å². The molecule has 5 heteroatoms. The summed E-state index contributed by atoms with van der Waals surface area (Å²) < 4.78 is 5.52. The van der Waals surface area contributed by atoms with E-state index < -0.39 is 0 Å². The first-order valence-electron chi connectivity index (χ1n) is 6.81. The van der Waals surface area contributed by atoms with Crippen molar-refractivity contribution in [3.05, 3.63) is 41.2 Å². The molecule has 0 amide bonds. The van der Waals surface area contributed by atoms with Gasteiger partial charge in [0, 0.05) is 23.7 Å². The van der Waals surface area contributed by atoms with Crippen LogP contribution in [0.4, 0.5) is 0 Å². The SMILES string of the molecule is OC1CCCN(Cc2coc(-c3cccc(Cl)c3)n2)C1. The van der Waals surface area contributed by atoms with Crippen molar-refractivity contribution in [1.29, 1.82) is 0 Å². The van der Waals surface area contributed by atoms with Gasteiger partial charge < -0.3 is 9.52 Å². The number of hydrogen-bond donors (Lipinski definition) is 1. The molecule has 0 bridgehead atoms. The quantitative estimate of drug-likeness (QED) is 0.945. The lowest BCUT2D eigenvalue weighted by Gasteiger charge is -2.29. The molecule has 3 rings (SSSR count). The first-order valence-corrected chi connectivity index (χ1v) is 7.19. The summed E-state index contributed by atoms with van der Waals surface area (Å²) in [6.07, 6.45) is 3.38. The topological polar surface area (TPSA) is 49.5 Å². The largest absolute Gasteiger partial charge is 0.444 e. The second-order valence-electron chi connectivity index (χ2n) is 5.19. The van der Waals surface area contributed by atoms with Crippen molar-refractivity contribution in [3.63, 3.8) is 0 Å². The molecule has 1 atom stereocenters. The highest BCUT2D eigenvalue weighted by molar-refractivity contribution is 6.30. The number of likely N-dealkylation sites (tertiary alicyclic amines) is 1. The predicted molar refractivity (Wildman–Crippen MR) is 77.5 cm³/mol. The molecule has 1 aliphatic rings. The van der Waals surface area contributed by atoms with Crippen LogP contribution in [-0.2, 0) is 6.54 Å². The molecule has 1 saturated heterocycles. The van der Waals surface area contributed by atoms with Gasteiger partial charge in [0.25, 0.3) is 0 Å². The summed E-state index contributed by atoms with van der Waals surface area (Å²) in [4.78, 5) is 6.69. The molecule has 2 aromatic rings. The molecule has 1 aliphatic heterocycles. The van der Waals surface area contributed by atoms with Crippen LogP contribution in [0.2, 0.25) is 5.02 Å². The summed E-state index contributed by atoms with van der Waals surface area (Å²) in [5, 5.41) is 10.3. The Morgan fingerprint density at radius 3 is 3.15 bits per heavy atom. The molecule has 1 aromatic carbocycles. The molecule has 1 unspecified atom stereocenters. The van der Waals surface area contributed by atoms with Gasteiger partial charge in [-0.1, -0.05) is 17.7 Å². The van der Waals surface area contributed by atoms with E-state index in [4.69, 9.17) is 16.0 Å². The third-order valence-electron chi connectivity index (χ3n) is 3.49. The Morgan fingerprint density at radius 1 is 1.45 bits per heavy atom. The van der Waals surface area contributed by atoms with Crippen molar-refractivity contribution in [3.8, 4) is 11.5 Å². The number of β-amino-alcohol motifs (C(OH)–C–C–N with tert-alkyl or cyclic N) is 1. The molecular weight excluding hydrogens is 276 g/mol. The first-order chi connectivity index (χ1) is 9.70. The van der Waals surface area contributed by atoms with Crippen LogP contribution in [0.1, 0.15) is 18.5 Å². The predicted octanol–water partition coefficient (Wildman–Crippen LogP) is 2.95. The molecule has 0 saturated carbocycles. The Balaban J connectivity index is 1.70. The molecule has 0 spiro atoms. The van der Waals surface area contributed by atoms with E-state index in [1.54, 1.807) is 6.26 Å². The lowest BCUT2D eigenvalue weighted by atomic mass is 10.1. The summed E-state index contributed by atoms with van der Waals surface area (Å²) >= 11 is 5.97. The van der Waals surface area contributed by atoms with Gasteiger partial charge in [-0.2, -0.15) is 0 Å². The average Bonchev–Trinajstić information content (AvgIpc) is 2.87. The Kier molecular flexibility index (Phi) is 4.05. The lowest BCUT2D eigenvalue weighted by Crippen LogP contribution is -2.37. The molecule has 1 aromatic heterocycles. The van der Waals surface area contributed by atoms with Crippen LogP contribution in [0.25, 0.3) is 11.5 Å². The van der Waals surface area contributed by atoms with Gasteiger partial charge in [-0.3, -0.25) is 4.90 Å². The van der Waals surface area contributed by atoms with Crippen molar-refractivity contribution in [2.24, 2.45) is 0 Å². The number of halogens is 1. The fourth-order valence-corrected chi connectivity index (χ4v) is 2.73. The second kappa shape index (κ2) is 5.95. The number of aromatic nitrogens is 1. The van der Waals surface area contributed by atoms with E-state index in [9.17, 15) is 5.11 Å². The summed E-state index contributed by atoms with van der Waals surface area (Å²) in [7, 11) is 0. The van der Waals surface area contributed by atoms with Crippen LogP contribution >= 0.6 is 11.6 Å². The van der Waals surface area contributed by atoms with Gasteiger partial charge in [0.05, 0.1) is 11.8 Å². The van der Waals surface area contributed by atoms with Crippen molar-refractivity contribution in [1.82, 2.24) is 9.88 Å². The number of rotatable bonds is 3. The molecule has 0 radical (unpaired) electrons. The minimum absolute atomic E-state index is 0.219. The highest BCUT2D eigenvalue weighted by Crippen LogP contribution is 2.23. The number of benzene rings is 1. The van der Waals surface area contributed by atoms with Crippen LogP contribution in [-0.4, -0.2) is 34.2 Å². The van der Waals surface area contributed by atoms with Crippen LogP contribution in [0, 0.1) is 0 Å². The van der Waals surface area contributed by atoms with Crippen molar-refractivity contribution in [2.45, 2.75) is 25.5 Å². The zero-order valence-electron chi connectivity index (χ0n) is 11.1. The zero-order chi connectivity index (χ0) is 13.9. The average molecular weight is 293 g/mol. The minimum Gasteiger partial charge on any atom is -0.444 e. The highest BCUT2D eigenvalue weighted by Gasteiger charge is 2.19. The monoisotopic (exact) mass is 292 g/mol. The van der Waals surface area contributed by atoms with Gasteiger partial charge in [-0.15, -0.1) is 0 Å². The maximum atomic E-state index is 9.67. The Morgan fingerprint density at radius 2 is 2.35 bits per heavy atom. The van der Waals surface area contributed by atoms with Crippen LogP contribution < -0.4 is 0 Å². The third-order valence-corrected chi connectivity index (χ3v) is 3.72. The molecule has 2 heterocycles. The second-order valence-corrected chi connectivity index (χ2v) is 5.62. The smallest absolute Gasteiger partial charge is 0.226 e. The van der Waals surface area contributed by atoms with Crippen LogP contribution in [0.5, 0.6) is 0 Å². The minimum atomic E-state index is -0.219. The van der Waals surface area contributed by atoms with Gasteiger partial charge in [0.1, 0.15) is 6.26 Å². The van der Waals surface area contributed by atoms with E-state index >= 15 is 0 Å². The van der Waals surface area contributed by atoms with Crippen molar-refractivity contribution in [2.75, 3.05) is 13.1 Å². The van der Waals surface area contributed by atoms with Crippen LogP contribution in [0.15, 0.2) is 34.9 Å². The van der Waals surface area contributed by atoms with Crippen molar-refractivity contribution < 1.29 is 9.52 Å². The number of aliphatic hydroxyl groups excluding tert-OH is 1. The van der Waals surface area contributed by atoms with E-state index in [-0.39, 0.29) is 6.10 Å². The number of piperidine rings is 1. The molecule has 4 nitrogen and oxygen atoms in total. The summed E-state index contributed by atoms with van der Waals surface area (Å²) in [5.74, 6) is 0.583. The van der Waals surface area contributed by atoms with Crippen molar-refractivity contribution >= 4 is 11.6 Å². The first kappa shape index (κ1) is 13.6. The lowest BCUT2D eigenvalue weighted by molar-refractivity contribution is 0.0662. The highest BCUT2D eigenvalue weighted by atomic mass is 35.5. The number of oxazole rings is 1. The van der Waals surface area contributed by atoms with Gasteiger partial charge in [-0.05, 0) is 37.6 Å². The number of aliphatic hydroxyl groups is 1. The Hall–Kier alpha value is -1.36. The number of hydrogen-bond acceptors (Lipinski definition) is 4. The van der Waals surface area contributed by atoms with E-state index in [1.807, 2.05) is 24.3 Å². The summed E-state index contributed by atoms with van der Waals surface area (Å²) in [6, 6.07) is 7.46. The van der Waals surface area contributed by atoms with E-state index in [0.717, 1.165) is 30.6 Å². The van der Waals surface area contributed by atoms with Gasteiger partial charge >= 0.3 is 0 Å². The molecule has 0 aliphatic carbocycles. The van der Waals surface area contributed by atoms with E-state index in [1.165, 1.54) is 0 Å². The zero-order valence-corrected chi connectivity index (χ0v) is 11.9. The molecule has 1 fully saturated rings. The van der Waals surface area contributed by atoms with Gasteiger partial charge in [0.15, 0.2) is 0 Å². The van der Waals surface area contributed by atoms with E-state index in [0.29, 0.717) is 24.0 Å². The molecule has 106 valence electrons. The van der Waals surface area contributed by atoms with Gasteiger partial charge in [-0.25, -0.2) is 4.98 Å². The Bertz CT molecular complexity index is 585. The Labute approximate surface area is 123 Å². The third kappa shape index (κ3) is 3.20. The van der Waals surface area contributed by atoms with E-state index in [2.05, 4.69) is 9.88 Å². The number of nitrogens with zero attached hydrogens (tertiary/aromatic N) is 2. The van der Waals surface area contributed by atoms with Gasteiger partial charge in [0.2, 0.25) is 5.89 Å². The summed E-state index contributed by atoms with van der Waals surface area (Å²) in [6.45, 7) is 2.41. The maximum absolute atomic E-state index is 9.67.